The Morgan fingerprint density at radius 1 is 0.634 bits per heavy atom. The molecule has 0 bridgehead atoms. The number of halogens is 4. The minimum absolute atomic E-state index is 0.273. The molecular formula is C33H28BF4NO2. The highest BCUT2D eigenvalue weighted by Gasteiger charge is 2.36. The summed E-state index contributed by atoms with van der Waals surface area (Å²) in [6, 6.07) is 44.8. The number of hydrogen-bond donors (Lipinski definition) is 0. The van der Waals surface area contributed by atoms with E-state index in [1.165, 1.54) is 7.11 Å². The quantitative estimate of drug-likeness (QED) is 0.0874. The van der Waals surface area contributed by atoms with Crippen molar-refractivity contribution in [3.05, 3.63) is 139 Å². The van der Waals surface area contributed by atoms with Gasteiger partial charge in [-0.15, -0.1) is 0 Å². The van der Waals surface area contributed by atoms with Crippen LogP contribution in [0.4, 0.5) is 17.3 Å². The van der Waals surface area contributed by atoms with E-state index in [0.29, 0.717) is 6.42 Å². The Morgan fingerprint density at radius 3 is 1.39 bits per heavy atom. The Morgan fingerprint density at radius 2 is 1.00 bits per heavy atom. The third-order valence-corrected chi connectivity index (χ3v) is 6.41. The average molecular weight is 557 g/mol. The number of nitrogens with zero attached hydrogens (tertiary/aromatic N) is 1. The van der Waals surface area contributed by atoms with Crippen molar-refractivity contribution >= 4 is 13.2 Å². The second kappa shape index (κ2) is 13.6. The van der Waals surface area contributed by atoms with Gasteiger partial charge in [-0.3, -0.25) is 0 Å². The molecule has 208 valence electrons. The molecule has 0 fully saturated rings. The molecule has 1 heterocycles. The molecule has 0 saturated heterocycles. The van der Waals surface area contributed by atoms with E-state index in [4.69, 9.17) is 4.74 Å². The topological polar surface area (TPSA) is 30.2 Å². The van der Waals surface area contributed by atoms with Gasteiger partial charge < -0.3 is 22.0 Å². The molecule has 0 amide bonds. The fourth-order valence-corrected chi connectivity index (χ4v) is 4.65. The molecule has 0 N–H and O–H groups in total. The van der Waals surface area contributed by atoms with Crippen molar-refractivity contribution < 1.29 is 31.4 Å². The van der Waals surface area contributed by atoms with Gasteiger partial charge in [0, 0.05) is 29.7 Å². The molecule has 4 aromatic carbocycles. The maximum absolute atomic E-state index is 13.4. The zero-order valence-electron chi connectivity index (χ0n) is 22.3. The lowest BCUT2D eigenvalue weighted by Crippen LogP contribution is -2.49. The molecule has 3 nitrogen and oxygen atoms in total. The number of rotatable bonds is 7. The van der Waals surface area contributed by atoms with Crippen LogP contribution in [0.15, 0.2) is 133 Å². The van der Waals surface area contributed by atoms with Gasteiger partial charge in [-0.25, -0.2) is 4.79 Å². The summed E-state index contributed by atoms with van der Waals surface area (Å²) < 4.78 is 46.5. The van der Waals surface area contributed by atoms with E-state index in [0.717, 1.165) is 39.2 Å². The van der Waals surface area contributed by atoms with Crippen molar-refractivity contribution in [3.63, 3.8) is 0 Å². The Bertz CT molecular complexity index is 1480. The Labute approximate surface area is 236 Å². The zero-order chi connectivity index (χ0) is 29.2. The number of carbonyl (C=O) groups excluding carboxylic acids is 1. The number of benzene rings is 4. The molecule has 0 unspecified atom stereocenters. The monoisotopic (exact) mass is 557 g/mol. The summed E-state index contributed by atoms with van der Waals surface area (Å²) in [5, 5.41) is 0. The van der Waals surface area contributed by atoms with Crippen molar-refractivity contribution in [2.75, 3.05) is 7.11 Å². The van der Waals surface area contributed by atoms with Crippen molar-refractivity contribution in [3.8, 4) is 33.6 Å². The van der Waals surface area contributed by atoms with Crippen LogP contribution in [0.3, 0.4) is 0 Å². The Hall–Kier alpha value is -4.72. The van der Waals surface area contributed by atoms with Crippen molar-refractivity contribution in [2.45, 2.75) is 12.5 Å². The van der Waals surface area contributed by atoms with Crippen LogP contribution < -0.4 is 4.57 Å². The van der Waals surface area contributed by atoms with E-state index in [-0.39, 0.29) is 5.97 Å². The van der Waals surface area contributed by atoms with E-state index in [9.17, 15) is 22.1 Å². The maximum atomic E-state index is 13.4. The first-order chi connectivity index (χ1) is 19.7. The van der Waals surface area contributed by atoms with Crippen LogP contribution in [0.25, 0.3) is 33.6 Å². The SMILES string of the molecule is COC(=O)[C@H](Cc1ccccc1)[n+]1c(-c2ccccc2)cc(-c2ccccc2)cc1-c1ccccc1.F[B-](F)(F)F. The van der Waals surface area contributed by atoms with Crippen LogP contribution in [0.1, 0.15) is 11.6 Å². The highest BCUT2D eigenvalue weighted by atomic mass is 19.5. The number of methoxy groups -OCH3 is 1. The predicted octanol–water partition coefficient (Wildman–Crippen LogP) is 8.23. The van der Waals surface area contributed by atoms with Gasteiger partial charge in [-0.2, -0.15) is 4.57 Å². The molecule has 0 aliphatic rings. The zero-order valence-corrected chi connectivity index (χ0v) is 22.3. The first-order valence-corrected chi connectivity index (χ1v) is 13.0. The highest BCUT2D eigenvalue weighted by Crippen LogP contribution is 2.31. The molecule has 0 aliphatic heterocycles. The summed E-state index contributed by atoms with van der Waals surface area (Å²) >= 11 is 0. The Balaban J connectivity index is 0.000000714. The second-order valence-corrected chi connectivity index (χ2v) is 9.21. The summed E-state index contributed by atoms with van der Waals surface area (Å²) in [7, 11) is -4.54. The van der Waals surface area contributed by atoms with Gasteiger partial charge in [-0.1, -0.05) is 97.1 Å². The van der Waals surface area contributed by atoms with Gasteiger partial charge in [0.05, 0.1) is 7.11 Å². The molecule has 5 aromatic rings. The van der Waals surface area contributed by atoms with Crippen LogP contribution in [-0.2, 0) is 16.0 Å². The lowest BCUT2D eigenvalue weighted by Gasteiger charge is -2.19. The van der Waals surface area contributed by atoms with Gasteiger partial charge in [0.15, 0.2) is 0 Å². The molecule has 1 aromatic heterocycles. The average Bonchev–Trinajstić information content (AvgIpc) is 3.00. The van der Waals surface area contributed by atoms with Crippen molar-refractivity contribution in [2.24, 2.45) is 0 Å². The molecule has 5 rings (SSSR count). The normalized spacial score (nSPS) is 11.6. The van der Waals surface area contributed by atoms with Crippen LogP contribution in [0.5, 0.6) is 0 Å². The molecule has 41 heavy (non-hydrogen) atoms. The fourth-order valence-electron chi connectivity index (χ4n) is 4.65. The molecule has 8 heteroatoms. The summed E-state index contributed by atoms with van der Waals surface area (Å²) in [6.45, 7) is 0. The Kier molecular flexibility index (Phi) is 9.69. The standard InChI is InChI=1S/C33H28NO2.BF4/c1-36-33(35)32(22-25-14-6-2-7-15-25)34-30(27-18-10-4-11-19-27)23-29(26-16-8-3-9-17-26)24-31(34)28-20-12-5-13-21-28;2-1(3,4)5/h2-21,23-24,32H,22H2,1H3;/q+1;-1/t32-;/m0./s1. The lowest BCUT2D eigenvalue weighted by atomic mass is 9.96. The number of aromatic nitrogens is 1. The molecule has 0 radical (unpaired) electrons. The number of ether oxygens (including phenoxy) is 1. The largest absolute Gasteiger partial charge is 0.673 e. The molecular weight excluding hydrogens is 529 g/mol. The maximum Gasteiger partial charge on any atom is 0.673 e. The van der Waals surface area contributed by atoms with Crippen molar-refractivity contribution in [1.29, 1.82) is 0 Å². The van der Waals surface area contributed by atoms with E-state index in [2.05, 4.69) is 65.2 Å². The fraction of sp³-hybridized carbons (Fsp3) is 0.0909. The van der Waals surface area contributed by atoms with Gasteiger partial charge in [0.1, 0.15) is 0 Å². The van der Waals surface area contributed by atoms with Crippen LogP contribution in [0.2, 0.25) is 0 Å². The minimum Gasteiger partial charge on any atom is -0.464 e. The van der Waals surface area contributed by atoms with E-state index < -0.39 is 13.3 Å². The summed E-state index contributed by atoms with van der Waals surface area (Å²) in [5.41, 5.74) is 7.28. The van der Waals surface area contributed by atoms with Crippen LogP contribution >= 0.6 is 0 Å². The summed E-state index contributed by atoms with van der Waals surface area (Å²) in [4.78, 5) is 13.4. The first kappa shape index (κ1) is 29.3. The number of carbonyl (C=O) groups is 1. The van der Waals surface area contributed by atoms with Gasteiger partial charge in [0.25, 0.3) is 6.04 Å². The highest BCUT2D eigenvalue weighted by molar-refractivity contribution is 6.50. The van der Waals surface area contributed by atoms with E-state index in [1.54, 1.807) is 0 Å². The summed E-state index contributed by atoms with van der Waals surface area (Å²) in [5.74, 6) is -0.273. The van der Waals surface area contributed by atoms with Crippen molar-refractivity contribution in [1.82, 2.24) is 0 Å². The second-order valence-electron chi connectivity index (χ2n) is 9.21. The smallest absolute Gasteiger partial charge is 0.464 e. The third kappa shape index (κ3) is 8.14. The van der Waals surface area contributed by atoms with E-state index >= 15 is 0 Å². The molecule has 0 aliphatic carbocycles. The molecule has 1 atom stereocenters. The summed E-state index contributed by atoms with van der Waals surface area (Å²) in [6.07, 6.45) is 0.516. The number of hydrogen-bond acceptors (Lipinski definition) is 2. The molecule has 0 saturated carbocycles. The van der Waals surface area contributed by atoms with E-state index in [1.807, 2.05) is 72.8 Å². The number of esters is 1. The van der Waals surface area contributed by atoms with Gasteiger partial charge in [0.2, 0.25) is 11.4 Å². The number of pyridine rings is 1. The predicted molar refractivity (Wildman–Crippen MR) is 154 cm³/mol. The molecule has 0 spiro atoms. The van der Waals surface area contributed by atoms with Crippen LogP contribution in [-0.4, -0.2) is 20.3 Å². The van der Waals surface area contributed by atoms with Gasteiger partial charge in [-0.05, 0) is 41.0 Å². The van der Waals surface area contributed by atoms with Crippen LogP contribution in [0, 0.1) is 0 Å². The minimum atomic E-state index is -6.00. The third-order valence-electron chi connectivity index (χ3n) is 6.41. The first-order valence-electron chi connectivity index (χ1n) is 13.0. The lowest BCUT2D eigenvalue weighted by molar-refractivity contribution is -0.689. The van der Waals surface area contributed by atoms with Gasteiger partial charge >= 0.3 is 13.2 Å².